The van der Waals surface area contributed by atoms with Crippen LogP contribution in [0.1, 0.15) is 18.4 Å². The molecule has 1 rings (SSSR count). The summed E-state index contributed by atoms with van der Waals surface area (Å²) < 4.78 is 0. The summed E-state index contributed by atoms with van der Waals surface area (Å²) in [7, 11) is 0. The Kier molecular flexibility index (Phi) is 4.19. The number of thiophene rings is 1. The van der Waals surface area contributed by atoms with Crippen LogP contribution in [0.5, 0.6) is 0 Å². The Morgan fingerprint density at radius 1 is 1.45 bits per heavy atom. The van der Waals surface area contributed by atoms with Crippen LogP contribution in [0.25, 0.3) is 0 Å². The molecule has 0 aliphatic rings. The van der Waals surface area contributed by atoms with Crippen LogP contribution >= 0.6 is 11.3 Å². The van der Waals surface area contributed by atoms with Gasteiger partial charge in [-0.2, -0.15) is 11.3 Å². The summed E-state index contributed by atoms with van der Waals surface area (Å²) in [4.78, 5) is 4.46. The quantitative estimate of drug-likeness (QED) is 0.543. The normalized spacial score (nSPS) is 10.3. The fourth-order valence-electron chi connectivity index (χ4n) is 0.949. The van der Waals surface area contributed by atoms with E-state index in [-0.39, 0.29) is 0 Å². The molecule has 0 saturated carbocycles. The summed E-state index contributed by atoms with van der Waals surface area (Å²) >= 11 is 1.75. The fourth-order valence-corrected chi connectivity index (χ4v) is 1.65. The third-order valence-corrected chi connectivity index (χ3v) is 2.29. The Morgan fingerprint density at radius 3 is 3.00 bits per heavy atom. The highest BCUT2D eigenvalue weighted by Crippen LogP contribution is 2.09. The third kappa shape index (κ3) is 3.51. The van der Waals surface area contributed by atoms with Crippen molar-refractivity contribution in [2.45, 2.75) is 19.3 Å². The van der Waals surface area contributed by atoms with Crippen molar-refractivity contribution in [1.29, 1.82) is 0 Å². The standard InChI is InChI=1S/C8H13NOS/c9-10-5-2-1-3-8-4-6-11-7-8/h4,6-7H,1-3,5,9H2. The number of rotatable bonds is 5. The van der Waals surface area contributed by atoms with E-state index in [0.29, 0.717) is 6.61 Å². The largest absolute Gasteiger partial charge is 0.305 e. The van der Waals surface area contributed by atoms with Gasteiger partial charge in [0.2, 0.25) is 0 Å². The molecule has 2 nitrogen and oxygen atoms in total. The number of unbranched alkanes of at least 4 members (excludes halogenated alkanes) is 1. The van der Waals surface area contributed by atoms with Crippen molar-refractivity contribution in [2.75, 3.05) is 6.61 Å². The number of hydrogen-bond donors (Lipinski definition) is 1. The van der Waals surface area contributed by atoms with Gasteiger partial charge in [0.1, 0.15) is 0 Å². The van der Waals surface area contributed by atoms with Crippen LogP contribution in [0.15, 0.2) is 16.8 Å². The SMILES string of the molecule is NOCCCCc1ccsc1. The first-order valence-corrected chi connectivity index (χ1v) is 4.70. The van der Waals surface area contributed by atoms with Gasteiger partial charge in [0.15, 0.2) is 0 Å². The fraction of sp³-hybridized carbons (Fsp3) is 0.500. The maximum absolute atomic E-state index is 4.89. The minimum absolute atomic E-state index is 0.671. The second-order valence-corrected chi connectivity index (χ2v) is 3.24. The molecule has 0 unspecified atom stereocenters. The molecule has 1 heterocycles. The van der Waals surface area contributed by atoms with Crippen LogP contribution in [-0.2, 0) is 11.3 Å². The van der Waals surface area contributed by atoms with Crippen LogP contribution in [0.4, 0.5) is 0 Å². The number of nitrogens with two attached hydrogens (primary N) is 1. The van der Waals surface area contributed by atoms with E-state index < -0.39 is 0 Å². The first-order chi connectivity index (χ1) is 5.43. The van der Waals surface area contributed by atoms with Gasteiger partial charge in [-0.15, -0.1) is 0 Å². The first-order valence-electron chi connectivity index (χ1n) is 3.76. The predicted molar refractivity (Wildman–Crippen MR) is 47.4 cm³/mol. The van der Waals surface area contributed by atoms with Gasteiger partial charge in [0.05, 0.1) is 6.61 Å². The minimum atomic E-state index is 0.671. The van der Waals surface area contributed by atoms with E-state index in [9.17, 15) is 0 Å². The lowest BCUT2D eigenvalue weighted by molar-refractivity contribution is 0.134. The van der Waals surface area contributed by atoms with E-state index in [1.807, 2.05) is 0 Å². The van der Waals surface area contributed by atoms with Crippen molar-refractivity contribution in [2.24, 2.45) is 5.90 Å². The summed E-state index contributed by atoms with van der Waals surface area (Å²) in [6, 6.07) is 2.16. The zero-order valence-electron chi connectivity index (χ0n) is 6.45. The van der Waals surface area contributed by atoms with E-state index in [4.69, 9.17) is 5.90 Å². The smallest absolute Gasteiger partial charge is 0.0679 e. The molecule has 1 aromatic heterocycles. The van der Waals surface area contributed by atoms with Gasteiger partial charge < -0.3 is 4.84 Å². The zero-order chi connectivity index (χ0) is 7.94. The maximum Gasteiger partial charge on any atom is 0.0679 e. The van der Waals surface area contributed by atoms with Crippen LogP contribution in [0, 0.1) is 0 Å². The third-order valence-electron chi connectivity index (χ3n) is 1.56. The molecule has 2 N–H and O–H groups in total. The molecule has 3 heteroatoms. The van der Waals surface area contributed by atoms with Crippen molar-refractivity contribution >= 4 is 11.3 Å². The topological polar surface area (TPSA) is 35.2 Å². The van der Waals surface area contributed by atoms with Gasteiger partial charge in [0.25, 0.3) is 0 Å². The molecule has 0 bridgehead atoms. The summed E-state index contributed by atoms with van der Waals surface area (Å²) in [5.74, 6) is 4.89. The molecule has 0 aliphatic heterocycles. The van der Waals surface area contributed by atoms with Gasteiger partial charge in [-0.05, 0) is 41.7 Å². The predicted octanol–water partition coefficient (Wildman–Crippen LogP) is 1.96. The molecular formula is C8H13NOS. The molecule has 0 amide bonds. The second kappa shape index (κ2) is 5.29. The van der Waals surface area contributed by atoms with Crippen molar-refractivity contribution < 1.29 is 4.84 Å². The molecule has 0 radical (unpaired) electrons. The minimum Gasteiger partial charge on any atom is -0.305 e. The van der Waals surface area contributed by atoms with E-state index in [1.54, 1.807) is 11.3 Å². The molecule has 0 aliphatic carbocycles. The molecule has 0 fully saturated rings. The molecule has 0 saturated heterocycles. The van der Waals surface area contributed by atoms with Gasteiger partial charge in [-0.25, -0.2) is 5.90 Å². The lowest BCUT2D eigenvalue weighted by atomic mass is 10.1. The molecule has 1 aromatic rings. The summed E-state index contributed by atoms with van der Waals surface area (Å²) in [6.45, 7) is 0.671. The summed E-state index contributed by atoms with van der Waals surface area (Å²) in [5, 5.41) is 4.29. The second-order valence-electron chi connectivity index (χ2n) is 2.46. The maximum atomic E-state index is 4.89. The average molecular weight is 171 g/mol. The van der Waals surface area contributed by atoms with Gasteiger partial charge in [-0.3, -0.25) is 0 Å². The Labute approximate surface area is 70.9 Å². The van der Waals surface area contributed by atoms with Crippen LogP contribution in [-0.4, -0.2) is 6.61 Å². The average Bonchev–Trinajstić information content (AvgIpc) is 2.50. The molecule has 0 aromatic carbocycles. The lowest BCUT2D eigenvalue weighted by Gasteiger charge is -1.96. The Bertz CT molecular complexity index is 174. The zero-order valence-corrected chi connectivity index (χ0v) is 7.27. The lowest BCUT2D eigenvalue weighted by Crippen LogP contribution is -2.00. The molecule has 62 valence electrons. The monoisotopic (exact) mass is 171 g/mol. The van der Waals surface area contributed by atoms with Crippen molar-refractivity contribution in [3.05, 3.63) is 22.4 Å². The molecule has 11 heavy (non-hydrogen) atoms. The Hall–Kier alpha value is -0.380. The summed E-state index contributed by atoms with van der Waals surface area (Å²) in [5.41, 5.74) is 1.42. The highest BCUT2D eigenvalue weighted by molar-refractivity contribution is 7.07. The number of hydrogen-bond acceptors (Lipinski definition) is 3. The Morgan fingerprint density at radius 2 is 2.36 bits per heavy atom. The highest BCUT2D eigenvalue weighted by Gasteiger charge is 1.92. The van der Waals surface area contributed by atoms with Gasteiger partial charge in [-0.1, -0.05) is 0 Å². The Balaban J connectivity index is 2.04. The summed E-state index contributed by atoms with van der Waals surface area (Å²) in [6.07, 6.45) is 3.35. The van der Waals surface area contributed by atoms with Crippen molar-refractivity contribution in [3.8, 4) is 0 Å². The highest BCUT2D eigenvalue weighted by atomic mass is 32.1. The van der Waals surface area contributed by atoms with Crippen LogP contribution in [0.3, 0.4) is 0 Å². The van der Waals surface area contributed by atoms with Crippen LogP contribution < -0.4 is 5.90 Å². The molecule has 0 atom stereocenters. The van der Waals surface area contributed by atoms with Gasteiger partial charge >= 0.3 is 0 Å². The first kappa shape index (κ1) is 8.71. The van der Waals surface area contributed by atoms with E-state index in [1.165, 1.54) is 5.56 Å². The van der Waals surface area contributed by atoms with Crippen molar-refractivity contribution in [3.63, 3.8) is 0 Å². The molecular weight excluding hydrogens is 158 g/mol. The van der Waals surface area contributed by atoms with Gasteiger partial charge in [0, 0.05) is 0 Å². The van der Waals surface area contributed by atoms with E-state index >= 15 is 0 Å². The molecule has 0 spiro atoms. The van der Waals surface area contributed by atoms with Crippen molar-refractivity contribution in [1.82, 2.24) is 0 Å². The van der Waals surface area contributed by atoms with E-state index in [0.717, 1.165) is 19.3 Å². The van der Waals surface area contributed by atoms with Crippen LogP contribution in [0.2, 0.25) is 0 Å². The van der Waals surface area contributed by atoms with E-state index in [2.05, 4.69) is 21.7 Å². The number of aryl methyl sites for hydroxylation is 1.